The van der Waals surface area contributed by atoms with Gasteiger partial charge in [0.2, 0.25) is 10.0 Å². The number of aryl methyl sites for hydroxylation is 2. The van der Waals surface area contributed by atoms with Gasteiger partial charge in [-0.2, -0.15) is 0 Å². The lowest BCUT2D eigenvalue weighted by Crippen LogP contribution is -2.36. The van der Waals surface area contributed by atoms with Crippen molar-refractivity contribution in [1.29, 1.82) is 0 Å². The third-order valence-corrected chi connectivity index (χ3v) is 6.88. The summed E-state index contributed by atoms with van der Waals surface area (Å²) in [6.45, 7) is 5.94. The van der Waals surface area contributed by atoms with Crippen molar-refractivity contribution >= 4 is 10.0 Å². The van der Waals surface area contributed by atoms with Crippen LogP contribution in [0.25, 0.3) is 0 Å². The minimum Gasteiger partial charge on any atom is -0.497 e. The summed E-state index contributed by atoms with van der Waals surface area (Å²) < 4.78 is 39.6. The average Bonchev–Trinajstić information content (AvgIpc) is 3.22. The molecule has 1 aliphatic heterocycles. The zero-order valence-corrected chi connectivity index (χ0v) is 18.4. The molecule has 2 aromatic rings. The van der Waals surface area contributed by atoms with E-state index in [2.05, 4.69) is 9.62 Å². The SMILES string of the molecule is COc1cccc(C(CNS(=O)(=O)c2cc(C)c(OC)c(C)c2)N2CCCC2)c1. The Morgan fingerprint density at radius 2 is 1.69 bits per heavy atom. The van der Waals surface area contributed by atoms with E-state index in [1.165, 1.54) is 0 Å². The third kappa shape index (κ3) is 4.91. The molecule has 1 aliphatic rings. The summed E-state index contributed by atoms with van der Waals surface area (Å²) >= 11 is 0. The van der Waals surface area contributed by atoms with E-state index < -0.39 is 10.0 Å². The van der Waals surface area contributed by atoms with Gasteiger partial charge in [-0.3, -0.25) is 4.90 Å². The van der Waals surface area contributed by atoms with Crippen LogP contribution in [0.3, 0.4) is 0 Å². The van der Waals surface area contributed by atoms with Gasteiger partial charge in [-0.15, -0.1) is 0 Å². The average molecular weight is 419 g/mol. The highest BCUT2D eigenvalue weighted by atomic mass is 32.2. The van der Waals surface area contributed by atoms with Crippen molar-refractivity contribution in [2.24, 2.45) is 0 Å². The van der Waals surface area contributed by atoms with Crippen LogP contribution in [0.4, 0.5) is 0 Å². The maximum Gasteiger partial charge on any atom is 0.240 e. The number of ether oxygens (including phenoxy) is 2. The zero-order valence-electron chi connectivity index (χ0n) is 17.6. The molecule has 6 nitrogen and oxygen atoms in total. The highest BCUT2D eigenvalue weighted by molar-refractivity contribution is 7.89. The van der Waals surface area contributed by atoms with Crippen molar-refractivity contribution in [3.63, 3.8) is 0 Å². The maximum atomic E-state index is 13.0. The molecule has 29 heavy (non-hydrogen) atoms. The van der Waals surface area contributed by atoms with Crippen LogP contribution in [0.2, 0.25) is 0 Å². The predicted octanol–water partition coefficient (Wildman–Crippen LogP) is 3.44. The number of hydrogen-bond donors (Lipinski definition) is 1. The molecule has 1 N–H and O–H groups in total. The summed E-state index contributed by atoms with van der Waals surface area (Å²) in [5.41, 5.74) is 2.66. The topological polar surface area (TPSA) is 67.9 Å². The molecule has 1 atom stereocenters. The van der Waals surface area contributed by atoms with Crippen LogP contribution in [-0.2, 0) is 10.0 Å². The molecular formula is C22H30N2O4S. The van der Waals surface area contributed by atoms with Gasteiger partial charge in [0.15, 0.2) is 0 Å². The summed E-state index contributed by atoms with van der Waals surface area (Å²) in [7, 11) is -0.408. The Kier molecular flexibility index (Phi) is 6.82. The Morgan fingerprint density at radius 3 is 2.28 bits per heavy atom. The molecule has 0 aromatic heterocycles. The van der Waals surface area contributed by atoms with Gasteiger partial charge >= 0.3 is 0 Å². The van der Waals surface area contributed by atoms with Crippen molar-refractivity contribution in [2.75, 3.05) is 33.9 Å². The first kappa shape index (κ1) is 21.6. The lowest BCUT2D eigenvalue weighted by atomic mass is 10.1. The predicted molar refractivity (Wildman–Crippen MR) is 114 cm³/mol. The smallest absolute Gasteiger partial charge is 0.240 e. The first-order valence-corrected chi connectivity index (χ1v) is 11.4. The normalized spacial score (nSPS) is 16.0. The van der Waals surface area contributed by atoms with Gasteiger partial charge in [-0.25, -0.2) is 13.1 Å². The standard InChI is InChI=1S/C22H30N2O4S/c1-16-12-20(13-17(2)22(16)28-4)29(25,26)23-15-21(24-10-5-6-11-24)18-8-7-9-19(14-18)27-3/h7-9,12-14,21,23H,5-6,10-11,15H2,1-4H3. The Bertz CT molecular complexity index is 930. The summed E-state index contributed by atoms with van der Waals surface area (Å²) in [4.78, 5) is 2.60. The van der Waals surface area contributed by atoms with E-state index in [0.29, 0.717) is 6.54 Å². The first-order chi connectivity index (χ1) is 13.9. The number of rotatable bonds is 8. The van der Waals surface area contributed by atoms with Crippen LogP contribution >= 0.6 is 0 Å². The molecule has 0 aliphatic carbocycles. The first-order valence-electron chi connectivity index (χ1n) is 9.88. The second-order valence-corrected chi connectivity index (χ2v) is 9.24. The number of likely N-dealkylation sites (tertiary alicyclic amines) is 1. The van der Waals surface area contributed by atoms with Crippen LogP contribution < -0.4 is 14.2 Å². The van der Waals surface area contributed by atoms with Crippen molar-refractivity contribution in [2.45, 2.75) is 37.6 Å². The van der Waals surface area contributed by atoms with Crippen LogP contribution in [0.15, 0.2) is 41.3 Å². The van der Waals surface area contributed by atoms with E-state index in [0.717, 1.165) is 54.1 Å². The van der Waals surface area contributed by atoms with Crippen LogP contribution in [-0.4, -0.2) is 47.2 Å². The van der Waals surface area contributed by atoms with E-state index in [1.54, 1.807) is 26.4 Å². The summed E-state index contributed by atoms with van der Waals surface area (Å²) in [6, 6.07) is 11.1. The fourth-order valence-electron chi connectivity index (χ4n) is 4.02. The summed E-state index contributed by atoms with van der Waals surface area (Å²) in [5.74, 6) is 1.49. The monoisotopic (exact) mass is 418 g/mol. The fraction of sp³-hybridized carbons (Fsp3) is 0.455. The van der Waals surface area contributed by atoms with Crippen LogP contribution in [0, 0.1) is 13.8 Å². The highest BCUT2D eigenvalue weighted by Crippen LogP contribution is 2.29. The Morgan fingerprint density at radius 1 is 1.03 bits per heavy atom. The molecule has 7 heteroatoms. The molecule has 1 unspecified atom stereocenters. The molecule has 0 amide bonds. The molecule has 1 heterocycles. The molecule has 0 radical (unpaired) electrons. The van der Waals surface area contributed by atoms with E-state index in [-0.39, 0.29) is 10.9 Å². The quantitative estimate of drug-likeness (QED) is 0.711. The van der Waals surface area contributed by atoms with Gasteiger partial charge in [0.1, 0.15) is 11.5 Å². The van der Waals surface area contributed by atoms with Crippen molar-refractivity contribution in [3.8, 4) is 11.5 Å². The molecule has 158 valence electrons. The molecule has 2 aromatic carbocycles. The minimum atomic E-state index is -3.64. The molecule has 3 rings (SSSR count). The van der Waals surface area contributed by atoms with Crippen molar-refractivity contribution in [1.82, 2.24) is 9.62 Å². The molecule has 0 saturated carbocycles. The number of benzene rings is 2. The van der Waals surface area contributed by atoms with E-state index >= 15 is 0 Å². The third-order valence-electron chi connectivity index (χ3n) is 5.47. The minimum absolute atomic E-state index is 0.0391. The molecule has 0 bridgehead atoms. The second-order valence-electron chi connectivity index (χ2n) is 7.48. The molecular weight excluding hydrogens is 388 g/mol. The molecule has 1 saturated heterocycles. The zero-order chi connectivity index (χ0) is 21.0. The number of nitrogens with zero attached hydrogens (tertiary/aromatic N) is 1. The Labute approximate surface area is 173 Å². The lowest BCUT2D eigenvalue weighted by molar-refractivity contribution is 0.246. The fourth-order valence-corrected chi connectivity index (χ4v) is 5.23. The maximum absolute atomic E-state index is 13.0. The van der Waals surface area contributed by atoms with Crippen molar-refractivity contribution < 1.29 is 17.9 Å². The van der Waals surface area contributed by atoms with E-state index in [9.17, 15) is 8.42 Å². The van der Waals surface area contributed by atoms with Gasteiger partial charge in [-0.1, -0.05) is 12.1 Å². The van der Waals surface area contributed by atoms with E-state index in [1.807, 2.05) is 38.1 Å². The largest absolute Gasteiger partial charge is 0.497 e. The number of sulfonamides is 1. The molecule has 1 fully saturated rings. The number of methoxy groups -OCH3 is 2. The van der Waals surface area contributed by atoms with Gasteiger partial charge in [0.05, 0.1) is 19.1 Å². The van der Waals surface area contributed by atoms with Gasteiger partial charge in [-0.05, 0) is 80.7 Å². The Balaban J connectivity index is 1.85. The van der Waals surface area contributed by atoms with Crippen LogP contribution in [0.1, 0.15) is 35.6 Å². The highest BCUT2D eigenvalue weighted by Gasteiger charge is 2.26. The van der Waals surface area contributed by atoms with Gasteiger partial charge in [0, 0.05) is 12.6 Å². The number of hydrogen-bond acceptors (Lipinski definition) is 5. The second kappa shape index (κ2) is 9.15. The Hall–Kier alpha value is -2.09. The van der Waals surface area contributed by atoms with Gasteiger partial charge in [0.25, 0.3) is 0 Å². The summed E-state index contributed by atoms with van der Waals surface area (Å²) in [6.07, 6.45) is 2.26. The van der Waals surface area contributed by atoms with E-state index in [4.69, 9.17) is 9.47 Å². The van der Waals surface area contributed by atoms with Crippen molar-refractivity contribution in [3.05, 3.63) is 53.1 Å². The van der Waals surface area contributed by atoms with Gasteiger partial charge < -0.3 is 9.47 Å². The lowest BCUT2D eigenvalue weighted by Gasteiger charge is -2.28. The molecule has 0 spiro atoms. The number of nitrogens with one attached hydrogen (secondary N) is 1. The summed E-state index contributed by atoms with van der Waals surface area (Å²) in [5, 5.41) is 0. The van der Waals surface area contributed by atoms with Crippen LogP contribution in [0.5, 0.6) is 11.5 Å².